The number of benzene rings is 2. The number of hydrogen-bond acceptors (Lipinski definition) is 1. The van der Waals surface area contributed by atoms with Crippen molar-refractivity contribution in [2.75, 3.05) is 6.54 Å². The Kier molecular flexibility index (Phi) is 4.27. The third-order valence-corrected chi connectivity index (χ3v) is 3.14. The molecule has 1 N–H and O–H groups in total. The van der Waals surface area contributed by atoms with Gasteiger partial charge in [-0.2, -0.15) is 0 Å². The van der Waals surface area contributed by atoms with Crippen LogP contribution in [-0.4, -0.2) is 6.54 Å². The predicted molar refractivity (Wildman–Crippen MR) is 73.1 cm³/mol. The SMILES string of the molecule is CCNC(c1ccc(F)c(C)c1)c1ccccc1F. The van der Waals surface area contributed by atoms with Gasteiger partial charge in [-0.15, -0.1) is 0 Å². The first-order chi connectivity index (χ1) is 9.13. The van der Waals surface area contributed by atoms with Crippen LogP contribution in [0.25, 0.3) is 0 Å². The van der Waals surface area contributed by atoms with Crippen molar-refractivity contribution in [1.82, 2.24) is 5.32 Å². The molecule has 0 aliphatic carbocycles. The van der Waals surface area contributed by atoms with E-state index in [0.717, 1.165) is 5.56 Å². The van der Waals surface area contributed by atoms with E-state index in [4.69, 9.17) is 0 Å². The zero-order chi connectivity index (χ0) is 13.8. The van der Waals surface area contributed by atoms with Gasteiger partial charge in [-0.25, -0.2) is 8.78 Å². The summed E-state index contributed by atoms with van der Waals surface area (Å²) < 4.78 is 27.2. The maximum absolute atomic E-state index is 13.9. The van der Waals surface area contributed by atoms with Gasteiger partial charge in [0.1, 0.15) is 11.6 Å². The molecule has 100 valence electrons. The molecule has 0 aliphatic heterocycles. The molecule has 19 heavy (non-hydrogen) atoms. The van der Waals surface area contributed by atoms with Gasteiger partial charge in [-0.05, 0) is 36.7 Å². The van der Waals surface area contributed by atoms with Crippen LogP contribution in [0.5, 0.6) is 0 Å². The van der Waals surface area contributed by atoms with E-state index in [1.54, 1.807) is 37.3 Å². The molecule has 0 fully saturated rings. The summed E-state index contributed by atoms with van der Waals surface area (Å²) in [7, 11) is 0. The van der Waals surface area contributed by atoms with Crippen LogP contribution < -0.4 is 5.32 Å². The summed E-state index contributed by atoms with van der Waals surface area (Å²) in [6.07, 6.45) is 0. The Labute approximate surface area is 112 Å². The van der Waals surface area contributed by atoms with Crippen LogP contribution in [0.2, 0.25) is 0 Å². The molecule has 0 heterocycles. The van der Waals surface area contributed by atoms with Crippen molar-refractivity contribution in [2.24, 2.45) is 0 Å². The molecular weight excluding hydrogens is 244 g/mol. The smallest absolute Gasteiger partial charge is 0.128 e. The van der Waals surface area contributed by atoms with Gasteiger partial charge in [0.15, 0.2) is 0 Å². The molecule has 1 unspecified atom stereocenters. The van der Waals surface area contributed by atoms with Crippen molar-refractivity contribution in [3.63, 3.8) is 0 Å². The fraction of sp³-hybridized carbons (Fsp3) is 0.250. The molecule has 2 rings (SSSR count). The van der Waals surface area contributed by atoms with Crippen molar-refractivity contribution in [1.29, 1.82) is 0 Å². The predicted octanol–water partition coefficient (Wildman–Crippen LogP) is 3.97. The monoisotopic (exact) mass is 261 g/mol. The largest absolute Gasteiger partial charge is 0.306 e. The molecule has 1 nitrogen and oxygen atoms in total. The second-order valence-electron chi connectivity index (χ2n) is 4.52. The van der Waals surface area contributed by atoms with Crippen LogP contribution in [0.1, 0.15) is 29.7 Å². The van der Waals surface area contributed by atoms with Crippen molar-refractivity contribution < 1.29 is 8.78 Å². The standard InChI is InChI=1S/C16H17F2N/c1-3-19-16(13-6-4-5-7-15(13)18)12-8-9-14(17)11(2)10-12/h4-10,16,19H,3H2,1-2H3. The lowest BCUT2D eigenvalue weighted by atomic mass is 9.96. The molecule has 3 heteroatoms. The molecule has 0 saturated carbocycles. The minimum Gasteiger partial charge on any atom is -0.306 e. The van der Waals surface area contributed by atoms with Gasteiger partial charge in [0.05, 0.1) is 6.04 Å². The number of nitrogens with one attached hydrogen (secondary N) is 1. The summed E-state index contributed by atoms with van der Waals surface area (Å²) in [6, 6.07) is 11.3. The van der Waals surface area contributed by atoms with Crippen molar-refractivity contribution in [3.05, 3.63) is 70.8 Å². The summed E-state index contributed by atoms with van der Waals surface area (Å²) >= 11 is 0. The van der Waals surface area contributed by atoms with E-state index in [1.807, 2.05) is 6.92 Å². The molecule has 0 saturated heterocycles. The summed E-state index contributed by atoms with van der Waals surface area (Å²) in [5.41, 5.74) is 2.01. The van der Waals surface area contributed by atoms with Crippen LogP contribution in [0.15, 0.2) is 42.5 Å². The average Bonchev–Trinajstić information content (AvgIpc) is 2.40. The van der Waals surface area contributed by atoms with Gasteiger partial charge in [-0.3, -0.25) is 0 Å². The normalized spacial score (nSPS) is 12.4. The Morgan fingerprint density at radius 2 is 1.79 bits per heavy atom. The Bertz CT molecular complexity index is 566. The maximum Gasteiger partial charge on any atom is 0.128 e. The van der Waals surface area contributed by atoms with E-state index in [2.05, 4.69) is 5.32 Å². The third kappa shape index (κ3) is 2.99. The van der Waals surface area contributed by atoms with Crippen LogP contribution in [0, 0.1) is 18.6 Å². The van der Waals surface area contributed by atoms with Gasteiger partial charge in [0.25, 0.3) is 0 Å². The third-order valence-electron chi connectivity index (χ3n) is 3.14. The zero-order valence-electron chi connectivity index (χ0n) is 11.1. The molecule has 2 aromatic rings. The fourth-order valence-electron chi connectivity index (χ4n) is 2.17. The van der Waals surface area contributed by atoms with Gasteiger partial charge in [0, 0.05) is 5.56 Å². The number of halogens is 2. The van der Waals surface area contributed by atoms with Gasteiger partial charge >= 0.3 is 0 Å². The molecule has 0 spiro atoms. The number of aryl methyl sites for hydroxylation is 1. The molecule has 2 aromatic carbocycles. The second kappa shape index (κ2) is 5.93. The topological polar surface area (TPSA) is 12.0 Å². The lowest BCUT2D eigenvalue weighted by molar-refractivity contribution is 0.557. The highest BCUT2D eigenvalue weighted by Crippen LogP contribution is 2.25. The first-order valence-electron chi connectivity index (χ1n) is 6.37. The molecular formula is C16H17F2N. The maximum atomic E-state index is 13.9. The highest BCUT2D eigenvalue weighted by Gasteiger charge is 2.17. The minimum absolute atomic E-state index is 0.243. The molecule has 1 atom stereocenters. The summed E-state index contributed by atoms with van der Waals surface area (Å²) in [5.74, 6) is -0.497. The molecule has 0 amide bonds. The Morgan fingerprint density at radius 1 is 1.05 bits per heavy atom. The summed E-state index contributed by atoms with van der Waals surface area (Å²) in [5, 5.41) is 3.24. The minimum atomic E-state index is -0.259. The van der Waals surface area contributed by atoms with Crippen molar-refractivity contribution >= 4 is 0 Å². The summed E-state index contributed by atoms with van der Waals surface area (Å²) in [6.45, 7) is 4.38. The van der Waals surface area contributed by atoms with Crippen molar-refractivity contribution in [2.45, 2.75) is 19.9 Å². The van der Waals surface area contributed by atoms with Gasteiger partial charge in [-0.1, -0.05) is 37.3 Å². The molecule has 0 bridgehead atoms. The van der Waals surface area contributed by atoms with E-state index in [-0.39, 0.29) is 17.7 Å². The Balaban J connectivity index is 2.45. The molecule has 0 aliphatic rings. The van der Waals surface area contributed by atoms with Crippen LogP contribution in [-0.2, 0) is 0 Å². The highest BCUT2D eigenvalue weighted by molar-refractivity contribution is 5.35. The Hall–Kier alpha value is -1.74. The van der Waals surface area contributed by atoms with E-state index in [1.165, 1.54) is 12.1 Å². The first-order valence-corrected chi connectivity index (χ1v) is 6.37. The highest BCUT2D eigenvalue weighted by atomic mass is 19.1. The van der Waals surface area contributed by atoms with E-state index in [9.17, 15) is 8.78 Å². The number of hydrogen-bond donors (Lipinski definition) is 1. The quantitative estimate of drug-likeness (QED) is 0.878. The fourth-order valence-corrected chi connectivity index (χ4v) is 2.17. The van der Waals surface area contributed by atoms with E-state index < -0.39 is 0 Å². The lowest BCUT2D eigenvalue weighted by Crippen LogP contribution is -2.23. The van der Waals surface area contributed by atoms with Gasteiger partial charge < -0.3 is 5.32 Å². The second-order valence-corrected chi connectivity index (χ2v) is 4.52. The zero-order valence-corrected chi connectivity index (χ0v) is 11.1. The lowest BCUT2D eigenvalue weighted by Gasteiger charge is -2.20. The molecule has 0 aromatic heterocycles. The van der Waals surface area contributed by atoms with E-state index >= 15 is 0 Å². The Morgan fingerprint density at radius 3 is 2.42 bits per heavy atom. The van der Waals surface area contributed by atoms with Gasteiger partial charge in [0.2, 0.25) is 0 Å². The van der Waals surface area contributed by atoms with Crippen molar-refractivity contribution in [3.8, 4) is 0 Å². The molecule has 0 radical (unpaired) electrons. The van der Waals surface area contributed by atoms with E-state index in [0.29, 0.717) is 17.7 Å². The van der Waals surface area contributed by atoms with Crippen LogP contribution in [0.4, 0.5) is 8.78 Å². The summed E-state index contributed by atoms with van der Waals surface area (Å²) in [4.78, 5) is 0. The number of rotatable bonds is 4. The average molecular weight is 261 g/mol. The van der Waals surface area contributed by atoms with Crippen LogP contribution in [0.3, 0.4) is 0 Å². The first kappa shape index (κ1) is 13.7. The van der Waals surface area contributed by atoms with Crippen LogP contribution >= 0.6 is 0 Å².